The molecule has 144 valence electrons. The maximum atomic E-state index is 8.62. The first-order valence-corrected chi connectivity index (χ1v) is 8.55. The minimum Gasteiger partial charge on any atom is -0.494 e. The van der Waals surface area contributed by atoms with Crippen LogP contribution in [-0.4, -0.2) is 35.3 Å². The highest BCUT2D eigenvalue weighted by Gasteiger charge is 2.01. The molecule has 2 rings (SSSR count). The lowest BCUT2D eigenvalue weighted by atomic mass is 10.2. The third-order valence-corrected chi connectivity index (χ3v) is 3.84. The molecule has 0 aliphatic carbocycles. The van der Waals surface area contributed by atoms with E-state index >= 15 is 0 Å². The van der Waals surface area contributed by atoms with E-state index in [2.05, 4.69) is 10.3 Å². The van der Waals surface area contributed by atoms with Gasteiger partial charge in [-0.25, -0.2) is 0 Å². The second-order valence-corrected chi connectivity index (χ2v) is 5.78. The number of rotatable bonds is 10. The Balaban J connectivity index is 1.59. The minimum absolute atomic E-state index is 0.0705. The quantitative estimate of drug-likeness (QED) is 0.166. The van der Waals surface area contributed by atoms with Crippen LogP contribution in [0, 0.1) is 0 Å². The molecule has 0 aliphatic heterocycles. The first-order valence-electron chi connectivity index (χ1n) is 8.55. The van der Waals surface area contributed by atoms with Gasteiger partial charge >= 0.3 is 0 Å². The topological polar surface area (TPSA) is 136 Å². The molecule has 8 heteroatoms. The van der Waals surface area contributed by atoms with Crippen LogP contribution in [0.4, 0.5) is 0 Å². The highest BCUT2D eigenvalue weighted by Crippen LogP contribution is 2.14. The van der Waals surface area contributed by atoms with Crippen molar-refractivity contribution in [3.05, 3.63) is 59.7 Å². The maximum Gasteiger partial charge on any atom is 0.170 e. The molecule has 0 aliphatic rings. The Morgan fingerprint density at radius 3 is 1.37 bits per heavy atom. The van der Waals surface area contributed by atoms with E-state index in [0.29, 0.717) is 24.3 Å². The molecule has 0 spiro atoms. The summed E-state index contributed by atoms with van der Waals surface area (Å²) in [6, 6.07) is 14.1. The molecule has 0 amide bonds. The predicted molar refractivity (Wildman–Crippen MR) is 103 cm³/mol. The summed E-state index contributed by atoms with van der Waals surface area (Å²) < 4.78 is 11.3. The molecule has 0 heterocycles. The largest absolute Gasteiger partial charge is 0.494 e. The summed E-state index contributed by atoms with van der Waals surface area (Å²) >= 11 is 0. The SMILES string of the molecule is NC(=NO)c1ccc(OCCCCCOc2ccc(C(N)=NO)cc2)cc1. The Morgan fingerprint density at radius 1 is 0.667 bits per heavy atom. The van der Waals surface area contributed by atoms with Crippen LogP contribution < -0.4 is 20.9 Å². The van der Waals surface area contributed by atoms with Crippen LogP contribution in [0.1, 0.15) is 30.4 Å². The fourth-order valence-corrected chi connectivity index (χ4v) is 2.32. The van der Waals surface area contributed by atoms with Crippen molar-refractivity contribution < 1.29 is 19.9 Å². The summed E-state index contributed by atoms with van der Waals surface area (Å²) in [6.45, 7) is 1.22. The van der Waals surface area contributed by atoms with E-state index in [-0.39, 0.29) is 11.7 Å². The fourth-order valence-electron chi connectivity index (χ4n) is 2.32. The smallest absolute Gasteiger partial charge is 0.170 e. The number of unbranched alkanes of at least 4 members (excludes halogenated alkanes) is 2. The van der Waals surface area contributed by atoms with Gasteiger partial charge in [0.15, 0.2) is 11.7 Å². The highest BCUT2D eigenvalue weighted by atomic mass is 16.5. The molecule has 0 radical (unpaired) electrons. The van der Waals surface area contributed by atoms with E-state index in [4.69, 9.17) is 31.4 Å². The third-order valence-electron chi connectivity index (χ3n) is 3.84. The zero-order valence-corrected chi connectivity index (χ0v) is 14.9. The first kappa shape index (κ1) is 19.9. The van der Waals surface area contributed by atoms with Crippen molar-refractivity contribution in [3.63, 3.8) is 0 Å². The summed E-state index contributed by atoms with van der Waals surface area (Å²) in [5.74, 6) is 1.63. The van der Waals surface area contributed by atoms with Crippen LogP contribution in [0.3, 0.4) is 0 Å². The normalized spacial score (nSPS) is 12.0. The molecule has 0 saturated carbocycles. The number of amidine groups is 2. The van der Waals surface area contributed by atoms with Crippen molar-refractivity contribution in [1.82, 2.24) is 0 Å². The van der Waals surface area contributed by atoms with Gasteiger partial charge in [-0.1, -0.05) is 10.3 Å². The molecule has 6 N–H and O–H groups in total. The maximum absolute atomic E-state index is 8.62. The Kier molecular flexibility index (Phi) is 7.77. The van der Waals surface area contributed by atoms with Gasteiger partial charge in [0.1, 0.15) is 11.5 Å². The van der Waals surface area contributed by atoms with Gasteiger partial charge in [-0.05, 0) is 67.8 Å². The molecule has 27 heavy (non-hydrogen) atoms. The van der Waals surface area contributed by atoms with Crippen LogP contribution >= 0.6 is 0 Å². The molecule has 0 aromatic heterocycles. The van der Waals surface area contributed by atoms with Crippen LogP contribution in [0.15, 0.2) is 58.8 Å². The van der Waals surface area contributed by atoms with Gasteiger partial charge < -0.3 is 31.4 Å². The number of oxime groups is 2. The lowest BCUT2D eigenvalue weighted by molar-refractivity contribution is 0.279. The van der Waals surface area contributed by atoms with E-state index in [1.165, 1.54) is 0 Å². The second kappa shape index (κ2) is 10.5. The van der Waals surface area contributed by atoms with Crippen molar-refractivity contribution in [2.24, 2.45) is 21.8 Å². The Hall–Kier alpha value is -3.42. The summed E-state index contributed by atoms with van der Waals surface area (Å²) in [5, 5.41) is 23.1. The van der Waals surface area contributed by atoms with Crippen molar-refractivity contribution >= 4 is 11.7 Å². The van der Waals surface area contributed by atoms with Gasteiger partial charge in [0.05, 0.1) is 13.2 Å². The van der Waals surface area contributed by atoms with Crippen LogP contribution in [0.5, 0.6) is 11.5 Å². The average Bonchev–Trinajstić information content (AvgIpc) is 2.72. The summed E-state index contributed by atoms with van der Waals surface area (Å²) in [6.07, 6.45) is 2.80. The molecule has 2 aromatic carbocycles. The lowest BCUT2D eigenvalue weighted by Gasteiger charge is -2.08. The molecule has 0 atom stereocenters. The average molecular weight is 372 g/mol. The molecule has 2 aromatic rings. The Labute approximate surface area is 157 Å². The van der Waals surface area contributed by atoms with E-state index in [1.807, 2.05) is 0 Å². The Bertz CT molecular complexity index is 693. The molecule has 0 fully saturated rings. The van der Waals surface area contributed by atoms with Gasteiger partial charge in [-0.15, -0.1) is 0 Å². The minimum atomic E-state index is 0.0705. The number of hydrogen-bond acceptors (Lipinski definition) is 6. The van der Waals surface area contributed by atoms with Crippen molar-refractivity contribution in [3.8, 4) is 11.5 Å². The molecular formula is C19H24N4O4. The summed E-state index contributed by atoms with van der Waals surface area (Å²) in [7, 11) is 0. The number of hydrogen-bond donors (Lipinski definition) is 4. The monoisotopic (exact) mass is 372 g/mol. The first-order chi connectivity index (χ1) is 13.1. The zero-order valence-electron chi connectivity index (χ0n) is 14.9. The van der Waals surface area contributed by atoms with Crippen LogP contribution in [-0.2, 0) is 0 Å². The Morgan fingerprint density at radius 2 is 1.04 bits per heavy atom. The molecular weight excluding hydrogens is 348 g/mol. The van der Waals surface area contributed by atoms with E-state index in [9.17, 15) is 0 Å². The number of nitrogens with two attached hydrogens (primary N) is 2. The standard InChI is InChI=1S/C19H24N4O4/c20-18(22-24)14-4-8-16(9-5-14)26-12-2-1-3-13-27-17-10-6-15(7-11-17)19(21)23-25/h4-11,24-25H,1-3,12-13H2,(H2,20,22)(H2,21,23). The predicted octanol–water partition coefficient (Wildman–Crippen LogP) is 2.50. The van der Waals surface area contributed by atoms with Crippen LogP contribution in [0.25, 0.3) is 0 Å². The van der Waals surface area contributed by atoms with E-state index in [0.717, 1.165) is 30.8 Å². The highest BCUT2D eigenvalue weighted by molar-refractivity contribution is 5.97. The molecule has 8 nitrogen and oxygen atoms in total. The summed E-state index contributed by atoms with van der Waals surface area (Å²) in [4.78, 5) is 0. The lowest BCUT2D eigenvalue weighted by Crippen LogP contribution is -2.12. The second-order valence-electron chi connectivity index (χ2n) is 5.78. The van der Waals surface area contributed by atoms with Gasteiger partial charge in [-0.3, -0.25) is 0 Å². The third kappa shape index (κ3) is 6.43. The number of ether oxygens (including phenoxy) is 2. The van der Waals surface area contributed by atoms with Gasteiger partial charge in [0.2, 0.25) is 0 Å². The van der Waals surface area contributed by atoms with E-state index in [1.54, 1.807) is 48.5 Å². The van der Waals surface area contributed by atoms with Gasteiger partial charge in [0.25, 0.3) is 0 Å². The summed E-state index contributed by atoms with van der Waals surface area (Å²) in [5.41, 5.74) is 12.3. The number of nitrogens with zero attached hydrogens (tertiary/aromatic N) is 2. The molecule has 0 saturated heterocycles. The number of benzene rings is 2. The van der Waals surface area contributed by atoms with Gasteiger partial charge in [-0.2, -0.15) is 0 Å². The van der Waals surface area contributed by atoms with Gasteiger partial charge in [0, 0.05) is 11.1 Å². The van der Waals surface area contributed by atoms with Crippen molar-refractivity contribution in [1.29, 1.82) is 0 Å². The molecule has 0 bridgehead atoms. The van der Waals surface area contributed by atoms with Crippen molar-refractivity contribution in [2.45, 2.75) is 19.3 Å². The zero-order chi connectivity index (χ0) is 19.5. The fraction of sp³-hybridized carbons (Fsp3) is 0.263. The molecule has 0 unspecified atom stereocenters. The van der Waals surface area contributed by atoms with Crippen molar-refractivity contribution in [2.75, 3.05) is 13.2 Å². The van der Waals surface area contributed by atoms with E-state index < -0.39 is 0 Å². The van der Waals surface area contributed by atoms with Crippen LogP contribution in [0.2, 0.25) is 0 Å².